The Labute approximate surface area is 217 Å². The van der Waals surface area contributed by atoms with Gasteiger partial charge in [-0.2, -0.15) is 0 Å². The molecule has 9 heteroatoms. The fraction of sp³-hybridized carbons (Fsp3) is 0.692. The smallest absolute Gasteiger partial charge is 0.405 e. The van der Waals surface area contributed by atoms with E-state index in [0.29, 0.717) is 6.42 Å². The van der Waals surface area contributed by atoms with Crippen molar-refractivity contribution in [1.82, 2.24) is 5.32 Å². The van der Waals surface area contributed by atoms with Crippen molar-refractivity contribution in [3.8, 4) is 5.75 Å². The van der Waals surface area contributed by atoms with E-state index in [-0.39, 0.29) is 15.6 Å². The zero-order valence-corrected chi connectivity index (χ0v) is 22.8. The van der Waals surface area contributed by atoms with E-state index in [1.165, 1.54) is 82.8 Å². The van der Waals surface area contributed by atoms with Crippen LogP contribution >= 0.6 is 21.2 Å². The predicted octanol–water partition coefficient (Wildman–Crippen LogP) is 8.59. The monoisotopic (exact) mass is 613 g/mol. The van der Waals surface area contributed by atoms with Gasteiger partial charge in [0.2, 0.25) is 5.91 Å². The van der Waals surface area contributed by atoms with Crippen LogP contribution in [0.2, 0.25) is 0 Å². The lowest BCUT2D eigenvalue weighted by Gasteiger charge is -2.12. The van der Waals surface area contributed by atoms with E-state index in [9.17, 15) is 25.8 Å². The van der Waals surface area contributed by atoms with Crippen molar-refractivity contribution in [2.24, 2.45) is 0 Å². The minimum absolute atomic E-state index is 0.157. The minimum Gasteiger partial charge on any atom is -0.405 e. The van der Waals surface area contributed by atoms with Crippen LogP contribution in [-0.4, -0.2) is 18.2 Å². The first-order valence-electron chi connectivity index (χ1n) is 12.8. The number of benzene rings is 1. The largest absolute Gasteiger partial charge is 0.573 e. The van der Waals surface area contributed by atoms with Gasteiger partial charge in [0.25, 0.3) is 5.91 Å². The molecule has 0 radical (unpaired) electrons. The molecular formula is C26H39F3INO4. The van der Waals surface area contributed by atoms with Crippen molar-refractivity contribution in [2.45, 2.75) is 116 Å². The maximum absolute atomic E-state index is 12.5. The van der Waals surface area contributed by atoms with Crippen LogP contribution in [0.25, 0.3) is 0 Å². The van der Waals surface area contributed by atoms with Crippen molar-refractivity contribution in [3.05, 3.63) is 27.3 Å². The predicted molar refractivity (Wildman–Crippen MR) is 139 cm³/mol. The molecule has 0 saturated carbocycles. The molecule has 0 spiro atoms. The van der Waals surface area contributed by atoms with Gasteiger partial charge in [0.05, 0.1) is 5.56 Å². The number of rotatable bonds is 19. The number of ether oxygens (including phenoxy) is 1. The van der Waals surface area contributed by atoms with Crippen LogP contribution in [-0.2, 0) is 7.86 Å². The van der Waals surface area contributed by atoms with Crippen LogP contribution in [0.4, 0.5) is 13.2 Å². The Balaban J connectivity index is 2.16. The van der Waals surface area contributed by atoms with Crippen LogP contribution in [0.15, 0.2) is 18.2 Å². The lowest BCUT2D eigenvalue weighted by molar-refractivity contribution is -0.275. The van der Waals surface area contributed by atoms with Gasteiger partial charge in [-0.25, -0.2) is 0 Å². The molecule has 0 saturated heterocycles. The third kappa shape index (κ3) is 15.3. The zero-order chi connectivity index (χ0) is 25.9. The number of halogens is 4. The molecule has 1 aromatic rings. The molecule has 0 aromatic heterocycles. The highest BCUT2D eigenvalue weighted by atomic mass is 127. The highest BCUT2D eigenvalue weighted by molar-refractivity contribution is 14.1. The molecule has 200 valence electrons. The summed E-state index contributed by atoms with van der Waals surface area (Å²) in [5.41, 5.74) is -0.237. The number of carbonyl (C=O) groups is 2. The molecule has 2 amide bonds. The van der Waals surface area contributed by atoms with Gasteiger partial charge in [0.15, 0.2) is 21.2 Å². The van der Waals surface area contributed by atoms with E-state index < -0.39 is 45.1 Å². The Morgan fingerprint density at radius 3 is 1.77 bits per heavy atom. The first-order valence-corrected chi connectivity index (χ1v) is 14.7. The highest BCUT2D eigenvalue weighted by Gasteiger charge is 2.33. The second kappa shape index (κ2) is 18.7. The normalized spacial score (nSPS) is 11.4. The van der Waals surface area contributed by atoms with Gasteiger partial charge in [0.1, 0.15) is 9.32 Å². The number of unbranched alkanes of at least 4 members (excludes halogenated alkanes) is 14. The number of amides is 2. The number of imide groups is 1. The molecule has 0 aliphatic heterocycles. The molecule has 1 rings (SSSR count). The maximum atomic E-state index is 12.5. The molecule has 35 heavy (non-hydrogen) atoms. The van der Waals surface area contributed by atoms with E-state index in [0.717, 1.165) is 25.3 Å². The molecule has 1 aromatic carbocycles. The summed E-state index contributed by atoms with van der Waals surface area (Å²) >= 11 is -2.13. The first kappa shape index (κ1) is 31.5. The fourth-order valence-corrected chi connectivity index (χ4v) is 5.05. The summed E-state index contributed by atoms with van der Waals surface area (Å²) < 4.78 is 52.5. The lowest BCUT2D eigenvalue weighted by Crippen LogP contribution is -2.31. The van der Waals surface area contributed by atoms with Crippen molar-refractivity contribution in [1.29, 1.82) is 0 Å². The molecule has 0 fully saturated rings. The van der Waals surface area contributed by atoms with Gasteiger partial charge in [0, 0.05) is 6.42 Å². The molecular weight excluding hydrogens is 574 g/mol. The van der Waals surface area contributed by atoms with E-state index in [2.05, 4.69) is 17.0 Å². The molecule has 1 N–H and O–H groups in total. The molecule has 5 nitrogen and oxygen atoms in total. The van der Waals surface area contributed by atoms with Crippen LogP contribution in [0.3, 0.4) is 0 Å². The van der Waals surface area contributed by atoms with Crippen LogP contribution in [0.1, 0.15) is 120 Å². The number of hydrogen-bond donors (Lipinski definition) is 1. The molecule has 0 bridgehead atoms. The summed E-state index contributed by atoms with van der Waals surface area (Å²) in [5, 5.41) is 2.17. The van der Waals surface area contributed by atoms with E-state index in [4.69, 9.17) is 0 Å². The summed E-state index contributed by atoms with van der Waals surface area (Å²) in [5.74, 6) is -2.04. The van der Waals surface area contributed by atoms with Gasteiger partial charge in [-0.3, -0.25) is 18.0 Å². The Kier molecular flexibility index (Phi) is 16.8. The van der Waals surface area contributed by atoms with Crippen molar-refractivity contribution >= 4 is 33.0 Å². The van der Waals surface area contributed by atoms with Crippen LogP contribution < -0.4 is 10.1 Å². The second-order valence-corrected chi connectivity index (χ2v) is 10.3. The molecule has 0 unspecified atom stereocenters. The summed E-state index contributed by atoms with van der Waals surface area (Å²) in [6.07, 6.45) is 13.3. The number of alkyl halides is 3. The summed E-state index contributed by atoms with van der Waals surface area (Å²) in [7, 11) is 0. The van der Waals surface area contributed by atoms with E-state index >= 15 is 0 Å². The quantitative estimate of drug-likeness (QED) is 0.125. The fourth-order valence-electron chi connectivity index (χ4n) is 3.88. The maximum Gasteiger partial charge on any atom is 0.573 e. The average molecular weight is 613 g/mol. The molecule has 0 aliphatic rings. The SMILES string of the molecule is CCCCCCCCCCCCCCCCCC(=O)NC(=O)c1cccc(OC(F)(F)F)c1I=O. The van der Waals surface area contributed by atoms with Gasteiger partial charge < -0.3 is 4.74 Å². The number of nitrogens with one attached hydrogen (secondary N) is 1. The molecule has 0 heterocycles. The van der Waals surface area contributed by atoms with E-state index in [1.54, 1.807) is 0 Å². The Bertz CT molecular complexity index is 771. The van der Waals surface area contributed by atoms with Gasteiger partial charge >= 0.3 is 6.36 Å². The highest BCUT2D eigenvalue weighted by Crippen LogP contribution is 2.31. The average Bonchev–Trinajstić information content (AvgIpc) is 2.80. The van der Waals surface area contributed by atoms with Gasteiger partial charge in [-0.15, -0.1) is 13.2 Å². The molecule has 0 atom stereocenters. The summed E-state index contributed by atoms with van der Waals surface area (Å²) in [4.78, 5) is 24.4. The third-order valence-electron chi connectivity index (χ3n) is 5.77. The summed E-state index contributed by atoms with van der Waals surface area (Å²) in [6, 6.07) is 3.42. The Morgan fingerprint density at radius 1 is 0.829 bits per heavy atom. The zero-order valence-electron chi connectivity index (χ0n) is 20.7. The second-order valence-electron chi connectivity index (χ2n) is 8.82. The van der Waals surface area contributed by atoms with E-state index in [1.807, 2.05) is 0 Å². The lowest BCUT2D eigenvalue weighted by atomic mass is 10.0. The van der Waals surface area contributed by atoms with Crippen molar-refractivity contribution < 1.29 is 30.6 Å². The standard InChI is InChI=1S/C26H39F3INO4/c1-2-3-4-5-6-7-8-9-10-11-12-13-14-15-16-20-23(32)31-25(33)21-18-17-19-22(24(21)30-34)35-26(27,28)29/h17-19H,2-16,20H2,1H3,(H,31,32,33). The van der Waals surface area contributed by atoms with Gasteiger partial charge in [-0.05, 0) is 18.6 Å². The Morgan fingerprint density at radius 2 is 1.31 bits per heavy atom. The van der Waals surface area contributed by atoms with Gasteiger partial charge in [-0.1, -0.05) is 103 Å². The number of carbonyl (C=O) groups excluding carboxylic acids is 2. The third-order valence-corrected chi connectivity index (χ3v) is 7.32. The summed E-state index contributed by atoms with van der Waals surface area (Å²) in [6.45, 7) is 2.24. The van der Waals surface area contributed by atoms with Crippen LogP contribution in [0, 0.1) is 3.57 Å². The minimum atomic E-state index is -4.97. The number of hydrogen-bond acceptors (Lipinski definition) is 4. The topological polar surface area (TPSA) is 72.5 Å². The molecule has 0 aliphatic carbocycles. The first-order chi connectivity index (χ1) is 16.8. The van der Waals surface area contributed by atoms with Crippen molar-refractivity contribution in [2.75, 3.05) is 0 Å². The van der Waals surface area contributed by atoms with Crippen LogP contribution in [0.5, 0.6) is 5.75 Å². The van der Waals surface area contributed by atoms with Crippen molar-refractivity contribution in [3.63, 3.8) is 0 Å². The Hall–Kier alpha value is -1.52.